The number of thioether (sulfide) groups is 1. The number of carbonyl (C=O) groups is 2. The number of ether oxygens (including phenoxy) is 1. The molecule has 0 rings (SSSR count). The van der Waals surface area contributed by atoms with Crippen LogP contribution in [0.4, 0.5) is 4.79 Å². The molecular formula is C14H33NO15P2S. The lowest BCUT2D eigenvalue weighted by molar-refractivity contribution is -0.138. The molecule has 0 aliphatic heterocycles. The minimum Gasteiger partial charge on any atom is -0.480 e. The first kappa shape index (κ1) is 36.8. The number of aliphatic hydroxyl groups is 4. The standard InChI is InChI=1S/C9H17NO4S.C5H12O4.H4O7P2/c1-9(2,3)14-8(13)10-6(5-15-4)7(11)12;6-1-5(2-7,3-8)4-9;1-8(2,3)7-9(4,5)6/h6H,5H2,1-4H3,(H,10,13)(H,11,12);6-9H,1-4H2;(H2,1,2,3)(H2,4,5,6). The molecule has 16 nitrogen and oxygen atoms in total. The summed E-state index contributed by atoms with van der Waals surface area (Å²) in [6.45, 7) is 3.53. The van der Waals surface area contributed by atoms with Gasteiger partial charge in [0, 0.05) is 5.75 Å². The van der Waals surface area contributed by atoms with Crippen LogP contribution in [0.1, 0.15) is 20.8 Å². The molecule has 33 heavy (non-hydrogen) atoms. The van der Waals surface area contributed by atoms with E-state index in [1.165, 1.54) is 11.8 Å². The number of hydrogen-bond acceptors (Lipinski definition) is 11. The van der Waals surface area contributed by atoms with Gasteiger partial charge < -0.3 is 55.2 Å². The molecule has 1 atom stereocenters. The molecule has 200 valence electrons. The summed E-state index contributed by atoms with van der Waals surface area (Å²) in [4.78, 5) is 52.9. The maximum absolute atomic E-state index is 11.2. The third-order valence-corrected chi connectivity index (χ3v) is 5.25. The van der Waals surface area contributed by atoms with E-state index in [2.05, 4.69) is 9.63 Å². The van der Waals surface area contributed by atoms with Crippen molar-refractivity contribution >= 4 is 39.5 Å². The van der Waals surface area contributed by atoms with E-state index in [9.17, 15) is 18.7 Å². The molecule has 1 amide bonds. The Kier molecular flexibility index (Phi) is 18.7. The molecule has 0 saturated carbocycles. The summed E-state index contributed by atoms with van der Waals surface area (Å²) in [6.07, 6.45) is 1.07. The van der Waals surface area contributed by atoms with Gasteiger partial charge in [0.15, 0.2) is 0 Å². The molecule has 0 aromatic rings. The second-order valence-corrected chi connectivity index (χ2v) is 10.7. The number of hydrogen-bond donors (Lipinski definition) is 10. The smallest absolute Gasteiger partial charge is 0.478 e. The molecule has 0 heterocycles. The topological polar surface area (TPSA) is 281 Å². The normalized spacial score (nSPS) is 13.0. The highest BCUT2D eigenvalue weighted by Gasteiger charge is 2.28. The lowest BCUT2D eigenvalue weighted by Gasteiger charge is -2.23. The third kappa shape index (κ3) is 24.1. The van der Waals surface area contributed by atoms with Crippen molar-refractivity contribution in [3.8, 4) is 0 Å². The molecule has 0 aliphatic rings. The van der Waals surface area contributed by atoms with E-state index in [4.69, 9.17) is 49.8 Å². The molecule has 0 fully saturated rings. The van der Waals surface area contributed by atoms with Crippen molar-refractivity contribution in [1.82, 2.24) is 5.32 Å². The van der Waals surface area contributed by atoms with Crippen molar-refractivity contribution in [3.05, 3.63) is 0 Å². The van der Waals surface area contributed by atoms with E-state index in [-0.39, 0.29) is 0 Å². The third-order valence-electron chi connectivity index (χ3n) is 2.88. The maximum Gasteiger partial charge on any atom is 0.478 e. The zero-order chi connectivity index (χ0) is 27.1. The average Bonchev–Trinajstić information content (AvgIpc) is 2.60. The molecule has 0 aliphatic carbocycles. The number of nitrogens with one attached hydrogen (secondary N) is 1. The van der Waals surface area contributed by atoms with Crippen LogP contribution in [0.15, 0.2) is 0 Å². The van der Waals surface area contributed by atoms with Crippen LogP contribution < -0.4 is 5.32 Å². The number of aliphatic carboxylic acids is 1. The molecule has 0 spiro atoms. The van der Waals surface area contributed by atoms with Gasteiger partial charge in [-0.3, -0.25) is 0 Å². The fourth-order valence-corrected chi connectivity index (χ4v) is 2.90. The number of aliphatic hydroxyl groups excluding tert-OH is 4. The van der Waals surface area contributed by atoms with Gasteiger partial charge in [0.25, 0.3) is 0 Å². The minimum atomic E-state index is -5.05. The monoisotopic (exact) mass is 549 g/mol. The molecule has 0 saturated heterocycles. The van der Waals surface area contributed by atoms with Gasteiger partial charge in [-0.2, -0.15) is 16.1 Å². The van der Waals surface area contributed by atoms with Crippen molar-refractivity contribution in [1.29, 1.82) is 0 Å². The van der Waals surface area contributed by atoms with Gasteiger partial charge in [-0.1, -0.05) is 0 Å². The Morgan fingerprint density at radius 2 is 1.27 bits per heavy atom. The van der Waals surface area contributed by atoms with Crippen LogP contribution in [0.3, 0.4) is 0 Å². The van der Waals surface area contributed by atoms with Gasteiger partial charge in [0.05, 0.1) is 31.8 Å². The Balaban J connectivity index is -0.000000433. The van der Waals surface area contributed by atoms with Crippen molar-refractivity contribution in [2.24, 2.45) is 5.41 Å². The maximum atomic E-state index is 11.2. The van der Waals surface area contributed by atoms with Crippen LogP contribution in [0.25, 0.3) is 0 Å². The van der Waals surface area contributed by atoms with E-state index in [0.717, 1.165) is 0 Å². The molecular weight excluding hydrogens is 516 g/mol. The average molecular weight is 549 g/mol. The van der Waals surface area contributed by atoms with Crippen molar-refractivity contribution in [2.75, 3.05) is 38.4 Å². The van der Waals surface area contributed by atoms with E-state index in [0.29, 0.717) is 5.75 Å². The summed E-state index contributed by atoms with van der Waals surface area (Å²) in [7, 11) is -10.1. The van der Waals surface area contributed by atoms with Gasteiger partial charge >= 0.3 is 27.7 Å². The zero-order valence-corrected chi connectivity index (χ0v) is 21.0. The van der Waals surface area contributed by atoms with Crippen LogP contribution in [-0.2, 0) is 23.0 Å². The van der Waals surface area contributed by atoms with Crippen LogP contribution in [0, 0.1) is 5.41 Å². The lowest BCUT2D eigenvalue weighted by atomic mass is 9.93. The number of carboxylic acids is 1. The summed E-state index contributed by atoms with van der Waals surface area (Å²) in [5.74, 6) is -0.746. The fraction of sp³-hybridized carbons (Fsp3) is 0.857. The van der Waals surface area contributed by atoms with Gasteiger partial charge in [-0.25, -0.2) is 18.7 Å². The van der Waals surface area contributed by atoms with E-state index >= 15 is 0 Å². The first-order valence-corrected chi connectivity index (χ1v) is 13.1. The lowest BCUT2D eigenvalue weighted by Crippen LogP contribution is -2.44. The minimum absolute atomic E-state index is 0.314. The molecule has 0 radical (unpaired) electrons. The summed E-state index contributed by atoms with van der Waals surface area (Å²) in [5.41, 5.74) is -1.73. The Hall–Kier alpha value is -0.810. The van der Waals surface area contributed by atoms with Gasteiger partial charge in [0.2, 0.25) is 0 Å². The second kappa shape index (κ2) is 16.8. The molecule has 0 aromatic heterocycles. The summed E-state index contributed by atoms with van der Waals surface area (Å²) in [5, 5.41) is 45.0. The number of carboxylic acid groups (broad SMARTS) is 1. The summed E-state index contributed by atoms with van der Waals surface area (Å²) in [6, 6.07) is -0.908. The van der Waals surface area contributed by atoms with Crippen molar-refractivity contribution in [3.63, 3.8) is 0 Å². The molecule has 0 bridgehead atoms. The first-order chi connectivity index (χ1) is 14.7. The molecule has 10 N–H and O–H groups in total. The molecule has 19 heteroatoms. The largest absolute Gasteiger partial charge is 0.480 e. The van der Waals surface area contributed by atoms with Crippen molar-refractivity contribution in [2.45, 2.75) is 32.4 Å². The van der Waals surface area contributed by atoms with Crippen LogP contribution >= 0.6 is 27.4 Å². The highest BCUT2D eigenvalue weighted by Crippen LogP contribution is 2.53. The van der Waals surface area contributed by atoms with E-state index < -0.39 is 71.2 Å². The van der Waals surface area contributed by atoms with Crippen LogP contribution in [0.2, 0.25) is 0 Å². The van der Waals surface area contributed by atoms with Crippen LogP contribution in [0.5, 0.6) is 0 Å². The van der Waals surface area contributed by atoms with Gasteiger partial charge in [-0.05, 0) is 27.0 Å². The number of alkyl carbamates (subject to hydrolysis) is 1. The quantitative estimate of drug-likeness (QED) is 0.138. The predicted octanol–water partition coefficient (Wildman–Crippen LogP) is -1.54. The SMILES string of the molecule is CSCC(NC(=O)OC(C)(C)C)C(=O)O.O=P(O)(O)OP(=O)(O)O.OCC(CO)(CO)CO. The van der Waals surface area contributed by atoms with Gasteiger partial charge in [0.1, 0.15) is 11.6 Å². The number of amides is 1. The summed E-state index contributed by atoms with van der Waals surface area (Å²) >= 11 is 1.35. The Morgan fingerprint density at radius 1 is 0.909 bits per heavy atom. The number of phosphoric acid groups is 2. The fourth-order valence-electron chi connectivity index (χ4n) is 1.23. The second-order valence-electron chi connectivity index (χ2n) is 7.19. The summed E-state index contributed by atoms with van der Waals surface area (Å²) < 4.78 is 27.2. The Morgan fingerprint density at radius 3 is 1.42 bits per heavy atom. The number of rotatable bonds is 10. The van der Waals surface area contributed by atoms with Crippen molar-refractivity contribution < 1.29 is 72.9 Å². The zero-order valence-electron chi connectivity index (χ0n) is 18.4. The molecule has 0 aromatic carbocycles. The van der Waals surface area contributed by atoms with E-state index in [1.807, 2.05) is 0 Å². The molecule has 1 unspecified atom stereocenters. The highest BCUT2D eigenvalue weighted by atomic mass is 32.2. The van der Waals surface area contributed by atoms with Crippen LogP contribution in [-0.4, -0.2) is 107 Å². The number of carbonyl (C=O) groups excluding carboxylic acids is 1. The Labute approximate surface area is 194 Å². The predicted molar refractivity (Wildman–Crippen MR) is 115 cm³/mol. The Bertz CT molecular complexity index is 618. The van der Waals surface area contributed by atoms with Gasteiger partial charge in [-0.15, -0.1) is 0 Å². The van der Waals surface area contributed by atoms with E-state index in [1.54, 1.807) is 27.0 Å². The first-order valence-electron chi connectivity index (χ1n) is 8.68. The highest BCUT2D eigenvalue weighted by molar-refractivity contribution is 7.98.